The minimum absolute atomic E-state index is 0.0914. The maximum absolute atomic E-state index is 13.0. The molecule has 0 radical (unpaired) electrons. The molecular weight excluding hydrogens is 414 g/mol. The van der Waals surface area contributed by atoms with Gasteiger partial charge in [0, 0.05) is 37.4 Å². The van der Waals surface area contributed by atoms with E-state index in [1.165, 1.54) is 11.1 Å². The Morgan fingerprint density at radius 2 is 1.91 bits per heavy atom. The second-order valence-electron chi connectivity index (χ2n) is 9.67. The molecular formula is C27H31N3O3. The first-order valence-electron chi connectivity index (χ1n) is 12.0. The number of piperidine rings is 1. The van der Waals surface area contributed by atoms with Gasteiger partial charge in [0.1, 0.15) is 5.52 Å². The zero-order valence-corrected chi connectivity index (χ0v) is 19.2. The average Bonchev–Trinajstić information content (AvgIpc) is 3.43. The smallest absolute Gasteiger partial charge is 0.222 e. The summed E-state index contributed by atoms with van der Waals surface area (Å²) in [5, 5.41) is 3.20. The molecule has 2 amide bonds. The maximum Gasteiger partial charge on any atom is 0.222 e. The van der Waals surface area contributed by atoms with Crippen LogP contribution in [-0.4, -0.2) is 40.3 Å². The third kappa shape index (κ3) is 4.80. The molecule has 0 saturated carbocycles. The Hall–Kier alpha value is -3.15. The zero-order chi connectivity index (χ0) is 22.8. The van der Waals surface area contributed by atoms with Gasteiger partial charge in [0.2, 0.25) is 11.8 Å². The van der Waals surface area contributed by atoms with Crippen molar-refractivity contribution in [3.8, 4) is 0 Å². The number of likely N-dealkylation sites (tertiary alicyclic amines) is 1. The summed E-state index contributed by atoms with van der Waals surface area (Å²) in [4.78, 5) is 31.7. The molecule has 6 heteroatoms. The molecule has 5 rings (SSSR count). The van der Waals surface area contributed by atoms with Gasteiger partial charge in [-0.3, -0.25) is 9.59 Å². The zero-order valence-electron chi connectivity index (χ0n) is 19.2. The lowest BCUT2D eigenvalue weighted by molar-refractivity contribution is -0.133. The van der Waals surface area contributed by atoms with E-state index < -0.39 is 0 Å². The van der Waals surface area contributed by atoms with Gasteiger partial charge in [-0.2, -0.15) is 0 Å². The number of nitrogens with one attached hydrogen (secondary N) is 1. The predicted molar refractivity (Wildman–Crippen MR) is 127 cm³/mol. The number of aromatic nitrogens is 1. The molecule has 2 aliphatic heterocycles. The molecule has 0 bridgehead atoms. The van der Waals surface area contributed by atoms with Gasteiger partial charge >= 0.3 is 0 Å². The van der Waals surface area contributed by atoms with E-state index in [0.29, 0.717) is 19.3 Å². The van der Waals surface area contributed by atoms with E-state index in [9.17, 15) is 9.59 Å². The third-order valence-electron chi connectivity index (χ3n) is 7.22. The van der Waals surface area contributed by atoms with Crippen molar-refractivity contribution >= 4 is 22.9 Å². The van der Waals surface area contributed by atoms with E-state index in [-0.39, 0.29) is 23.3 Å². The SMILES string of the molecule is Cc1ccc(C[C@@]2(CCC(=O)N3CCC(c4nc5ccccc5o4)CC3)CCC(=O)N2)cc1. The highest BCUT2D eigenvalue weighted by molar-refractivity contribution is 5.80. The van der Waals surface area contributed by atoms with Gasteiger partial charge in [-0.1, -0.05) is 42.0 Å². The van der Waals surface area contributed by atoms with Gasteiger partial charge in [-0.05, 0) is 56.7 Å². The van der Waals surface area contributed by atoms with Crippen LogP contribution in [0, 0.1) is 6.92 Å². The molecule has 0 unspecified atom stereocenters. The normalized spacial score (nSPS) is 21.5. The lowest BCUT2D eigenvalue weighted by Crippen LogP contribution is -2.45. The van der Waals surface area contributed by atoms with E-state index in [1.807, 2.05) is 29.2 Å². The van der Waals surface area contributed by atoms with Crippen LogP contribution in [0.15, 0.2) is 52.9 Å². The summed E-state index contributed by atoms with van der Waals surface area (Å²) >= 11 is 0. The fourth-order valence-electron chi connectivity index (χ4n) is 5.22. The number of carbonyl (C=O) groups is 2. The molecule has 2 aromatic carbocycles. The fourth-order valence-corrected chi connectivity index (χ4v) is 5.22. The number of rotatable bonds is 6. The monoisotopic (exact) mass is 445 g/mol. The molecule has 172 valence electrons. The summed E-state index contributed by atoms with van der Waals surface area (Å²) in [7, 11) is 0. The number of amides is 2. The van der Waals surface area contributed by atoms with E-state index >= 15 is 0 Å². The van der Waals surface area contributed by atoms with Crippen LogP contribution in [0.4, 0.5) is 0 Å². The summed E-state index contributed by atoms with van der Waals surface area (Å²) in [6.45, 7) is 3.52. The number of carbonyl (C=O) groups excluding carboxylic acids is 2. The second kappa shape index (κ2) is 9.00. The summed E-state index contributed by atoms with van der Waals surface area (Å²) < 4.78 is 5.95. The Bertz CT molecular complexity index is 1110. The maximum atomic E-state index is 13.0. The molecule has 0 aliphatic carbocycles. The van der Waals surface area contributed by atoms with Crippen molar-refractivity contribution < 1.29 is 14.0 Å². The van der Waals surface area contributed by atoms with Crippen molar-refractivity contribution in [2.24, 2.45) is 0 Å². The van der Waals surface area contributed by atoms with Crippen LogP contribution in [0.3, 0.4) is 0 Å². The summed E-state index contributed by atoms with van der Waals surface area (Å²) in [5.74, 6) is 1.31. The highest BCUT2D eigenvalue weighted by atomic mass is 16.3. The molecule has 6 nitrogen and oxygen atoms in total. The van der Waals surface area contributed by atoms with E-state index in [2.05, 4.69) is 41.5 Å². The molecule has 2 aliphatic rings. The van der Waals surface area contributed by atoms with Crippen LogP contribution in [0.5, 0.6) is 0 Å². The largest absolute Gasteiger partial charge is 0.440 e. The van der Waals surface area contributed by atoms with Crippen molar-refractivity contribution in [3.05, 3.63) is 65.5 Å². The molecule has 3 heterocycles. The Morgan fingerprint density at radius 1 is 1.15 bits per heavy atom. The molecule has 2 fully saturated rings. The number of para-hydroxylation sites is 2. The van der Waals surface area contributed by atoms with Crippen LogP contribution < -0.4 is 5.32 Å². The van der Waals surface area contributed by atoms with Crippen molar-refractivity contribution in [1.82, 2.24) is 15.2 Å². The average molecular weight is 446 g/mol. The number of benzene rings is 2. The summed E-state index contributed by atoms with van der Waals surface area (Å²) in [6, 6.07) is 16.3. The standard InChI is InChI=1S/C27H31N3O3/c1-19-6-8-20(9-7-19)18-27(14-10-24(31)29-27)15-11-25(32)30-16-12-21(13-17-30)26-28-22-4-2-3-5-23(22)33-26/h2-9,21H,10-18H2,1H3,(H,29,31)/t27-/m0/s1. The summed E-state index contributed by atoms with van der Waals surface area (Å²) in [6.07, 6.45) is 4.96. The van der Waals surface area contributed by atoms with Gasteiger partial charge in [-0.15, -0.1) is 0 Å². The van der Waals surface area contributed by atoms with Gasteiger partial charge in [0.25, 0.3) is 0 Å². The quantitative estimate of drug-likeness (QED) is 0.606. The van der Waals surface area contributed by atoms with Crippen molar-refractivity contribution in [2.45, 2.75) is 63.3 Å². The first kappa shape index (κ1) is 21.7. The number of nitrogens with zero attached hydrogens (tertiary/aromatic N) is 2. The lowest BCUT2D eigenvalue weighted by atomic mass is 9.84. The van der Waals surface area contributed by atoms with E-state index in [4.69, 9.17) is 4.42 Å². The Balaban J connectivity index is 1.17. The molecule has 1 N–H and O–H groups in total. The Morgan fingerprint density at radius 3 is 2.61 bits per heavy atom. The Kier molecular flexibility index (Phi) is 5.92. The lowest BCUT2D eigenvalue weighted by Gasteiger charge is -2.33. The molecule has 0 spiro atoms. The van der Waals surface area contributed by atoms with Crippen molar-refractivity contribution in [2.75, 3.05) is 13.1 Å². The molecule has 3 aromatic rings. The van der Waals surface area contributed by atoms with Gasteiger partial charge in [0.15, 0.2) is 11.5 Å². The van der Waals surface area contributed by atoms with Gasteiger partial charge in [0.05, 0.1) is 0 Å². The Labute approximate surface area is 194 Å². The van der Waals surface area contributed by atoms with Crippen molar-refractivity contribution in [1.29, 1.82) is 0 Å². The first-order chi connectivity index (χ1) is 16.0. The molecule has 33 heavy (non-hydrogen) atoms. The number of aryl methyl sites for hydroxylation is 1. The van der Waals surface area contributed by atoms with Gasteiger partial charge in [-0.25, -0.2) is 4.98 Å². The predicted octanol–water partition coefficient (Wildman–Crippen LogP) is 4.51. The molecule has 1 atom stereocenters. The van der Waals surface area contributed by atoms with Crippen LogP contribution in [-0.2, 0) is 16.0 Å². The van der Waals surface area contributed by atoms with Gasteiger partial charge < -0.3 is 14.6 Å². The second-order valence-corrected chi connectivity index (χ2v) is 9.67. The van der Waals surface area contributed by atoms with E-state index in [0.717, 1.165) is 55.8 Å². The van der Waals surface area contributed by atoms with E-state index in [1.54, 1.807) is 0 Å². The highest BCUT2D eigenvalue weighted by Crippen LogP contribution is 2.32. The van der Waals surface area contributed by atoms with Crippen LogP contribution >= 0.6 is 0 Å². The molecule has 1 aromatic heterocycles. The number of hydrogen-bond acceptors (Lipinski definition) is 4. The third-order valence-corrected chi connectivity index (χ3v) is 7.22. The van der Waals surface area contributed by atoms with Crippen LogP contribution in [0.25, 0.3) is 11.1 Å². The fraction of sp³-hybridized carbons (Fsp3) is 0.444. The van der Waals surface area contributed by atoms with Crippen molar-refractivity contribution in [3.63, 3.8) is 0 Å². The number of oxazole rings is 1. The first-order valence-corrected chi connectivity index (χ1v) is 12.0. The van der Waals surface area contributed by atoms with Crippen LogP contribution in [0.1, 0.15) is 61.5 Å². The minimum Gasteiger partial charge on any atom is -0.440 e. The molecule has 2 saturated heterocycles. The minimum atomic E-state index is -0.321. The number of hydrogen-bond donors (Lipinski definition) is 1. The number of fused-ring (bicyclic) bond motifs is 1. The van der Waals surface area contributed by atoms with Crippen LogP contribution in [0.2, 0.25) is 0 Å². The topological polar surface area (TPSA) is 75.4 Å². The highest BCUT2D eigenvalue weighted by Gasteiger charge is 2.38. The summed E-state index contributed by atoms with van der Waals surface area (Å²) in [5.41, 5.74) is 3.82.